The Morgan fingerprint density at radius 3 is 2.83 bits per heavy atom. The first kappa shape index (κ1) is 16.9. The van der Waals surface area contributed by atoms with Crippen LogP contribution in [0.25, 0.3) is 0 Å². The third kappa shape index (κ3) is 3.44. The number of carbonyl (C=O) groups is 1. The largest absolute Gasteiger partial charge is 0.480 e. The maximum atomic E-state index is 14.3. The van der Waals surface area contributed by atoms with E-state index in [0.717, 1.165) is 25.9 Å². The fourth-order valence-corrected chi connectivity index (χ4v) is 3.25. The van der Waals surface area contributed by atoms with Gasteiger partial charge in [-0.05, 0) is 37.7 Å². The molecule has 0 saturated carbocycles. The molecule has 24 heavy (non-hydrogen) atoms. The van der Waals surface area contributed by atoms with Crippen LogP contribution in [0.2, 0.25) is 0 Å². The van der Waals surface area contributed by atoms with Crippen molar-refractivity contribution < 1.29 is 18.7 Å². The molecule has 0 bridgehead atoms. The molecule has 1 amide bonds. The number of nitrogens with one attached hydrogen (secondary N) is 1. The molecular formula is C18H23FN2O3. The minimum Gasteiger partial charge on any atom is -0.480 e. The highest BCUT2D eigenvalue weighted by atomic mass is 19.1. The molecule has 5 nitrogen and oxygen atoms in total. The van der Waals surface area contributed by atoms with Gasteiger partial charge in [-0.1, -0.05) is 12.1 Å². The van der Waals surface area contributed by atoms with Crippen LogP contribution in [-0.4, -0.2) is 44.9 Å². The van der Waals surface area contributed by atoms with Gasteiger partial charge in [0.25, 0.3) is 5.91 Å². The number of nitrogens with zero attached hydrogens (tertiary/aromatic N) is 1. The molecule has 0 aliphatic carbocycles. The Morgan fingerprint density at radius 1 is 1.38 bits per heavy atom. The quantitative estimate of drug-likeness (QED) is 0.678. The van der Waals surface area contributed by atoms with Crippen molar-refractivity contribution in [1.82, 2.24) is 5.32 Å². The third-order valence-electron chi connectivity index (χ3n) is 4.54. The van der Waals surface area contributed by atoms with Crippen molar-refractivity contribution in [1.29, 1.82) is 0 Å². The van der Waals surface area contributed by atoms with E-state index in [1.807, 2.05) is 0 Å². The number of benzene rings is 1. The summed E-state index contributed by atoms with van der Waals surface area (Å²) in [5, 5.41) is 3.30. The van der Waals surface area contributed by atoms with E-state index < -0.39 is 11.4 Å². The summed E-state index contributed by atoms with van der Waals surface area (Å²) in [6.07, 6.45) is 3.90. The van der Waals surface area contributed by atoms with Crippen molar-refractivity contribution >= 4 is 11.6 Å². The van der Waals surface area contributed by atoms with Crippen molar-refractivity contribution in [2.24, 2.45) is 0 Å². The van der Waals surface area contributed by atoms with Crippen LogP contribution in [0.3, 0.4) is 0 Å². The number of methoxy groups -OCH3 is 1. The normalized spacial score (nSPS) is 22.0. The lowest BCUT2D eigenvalue weighted by Gasteiger charge is -2.45. The molecule has 0 radical (unpaired) electrons. The zero-order chi connectivity index (χ0) is 17.0. The second-order valence-electron chi connectivity index (χ2n) is 6.23. The summed E-state index contributed by atoms with van der Waals surface area (Å²) in [4.78, 5) is 14.3. The van der Waals surface area contributed by atoms with Crippen LogP contribution >= 0.6 is 0 Å². The molecule has 0 aromatic heterocycles. The average Bonchev–Trinajstić information content (AvgIpc) is 2.59. The molecule has 130 valence electrons. The van der Waals surface area contributed by atoms with Crippen LogP contribution in [0, 0.1) is 5.82 Å². The molecule has 2 fully saturated rings. The zero-order valence-corrected chi connectivity index (χ0v) is 13.9. The molecular weight excluding hydrogens is 311 g/mol. The molecule has 1 N–H and O–H groups in total. The number of ether oxygens (including phenoxy) is 2. The van der Waals surface area contributed by atoms with Crippen molar-refractivity contribution in [2.75, 3.05) is 38.3 Å². The van der Waals surface area contributed by atoms with E-state index in [1.54, 1.807) is 31.4 Å². The van der Waals surface area contributed by atoms with Gasteiger partial charge in [-0.2, -0.15) is 0 Å². The summed E-state index contributed by atoms with van der Waals surface area (Å²) in [6.45, 7) is 2.53. The number of rotatable bonds is 4. The van der Waals surface area contributed by atoms with Crippen molar-refractivity contribution in [2.45, 2.75) is 24.9 Å². The maximum absolute atomic E-state index is 14.3. The van der Waals surface area contributed by atoms with Crippen LogP contribution in [0.4, 0.5) is 10.1 Å². The summed E-state index contributed by atoms with van der Waals surface area (Å²) >= 11 is 0. The molecule has 1 aromatic carbocycles. The molecule has 2 saturated heterocycles. The first-order chi connectivity index (χ1) is 11.7. The molecule has 1 spiro atoms. The lowest BCUT2D eigenvalue weighted by atomic mass is 9.89. The van der Waals surface area contributed by atoms with Gasteiger partial charge in [0.15, 0.2) is 5.76 Å². The number of hydrogen-bond donors (Lipinski definition) is 1. The average molecular weight is 334 g/mol. The van der Waals surface area contributed by atoms with Gasteiger partial charge in [-0.25, -0.2) is 4.39 Å². The van der Waals surface area contributed by atoms with Gasteiger partial charge >= 0.3 is 0 Å². The molecule has 2 heterocycles. The first-order valence-corrected chi connectivity index (χ1v) is 8.30. The predicted molar refractivity (Wildman–Crippen MR) is 89.2 cm³/mol. The Bertz CT molecular complexity index is 626. The van der Waals surface area contributed by atoms with E-state index in [-0.39, 0.29) is 5.91 Å². The number of hydrogen-bond acceptors (Lipinski definition) is 4. The van der Waals surface area contributed by atoms with E-state index in [9.17, 15) is 9.18 Å². The zero-order valence-electron chi connectivity index (χ0n) is 13.9. The molecule has 2 aliphatic rings. The highest BCUT2D eigenvalue weighted by Crippen LogP contribution is 2.35. The van der Waals surface area contributed by atoms with Gasteiger partial charge in [-0.3, -0.25) is 9.69 Å². The van der Waals surface area contributed by atoms with Gasteiger partial charge in [0.05, 0.1) is 12.2 Å². The summed E-state index contributed by atoms with van der Waals surface area (Å²) in [5.41, 5.74) is -0.151. The second-order valence-corrected chi connectivity index (χ2v) is 6.23. The second kappa shape index (κ2) is 7.32. The van der Waals surface area contributed by atoms with Gasteiger partial charge < -0.3 is 14.8 Å². The Morgan fingerprint density at radius 2 is 2.12 bits per heavy atom. The van der Waals surface area contributed by atoms with E-state index in [1.165, 1.54) is 11.0 Å². The van der Waals surface area contributed by atoms with Crippen molar-refractivity contribution in [3.05, 3.63) is 41.9 Å². The van der Waals surface area contributed by atoms with E-state index in [2.05, 4.69) is 5.32 Å². The van der Waals surface area contributed by atoms with Crippen LogP contribution in [0.5, 0.6) is 0 Å². The molecule has 6 heteroatoms. The fourth-order valence-electron chi connectivity index (χ4n) is 3.25. The van der Waals surface area contributed by atoms with E-state index >= 15 is 0 Å². The van der Waals surface area contributed by atoms with Gasteiger partial charge in [0.1, 0.15) is 11.4 Å². The predicted octanol–water partition coefficient (Wildman–Crippen LogP) is 2.23. The maximum Gasteiger partial charge on any atom is 0.293 e. The van der Waals surface area contributed by atoms with Crippen LogP contribution in [0.15, 0.2) is 36.1 Å². The number of amides is 1. The van der Waals surface area contributed by atoms with Gasteiger partial charge in [-0.15, -0.1) is 0 Å². The van der Waals surface area contributed by atoms with Gasteiger partial charge in [0, 0.05) is 26.6 Å². The Kier molecular flexibility index (Phi) is 5.16. The molecule has 0 unspecified atom stereocenters. The highest BCUT2D eigenvalue weighted by Gasteiger charge is 2.44. The van der Waals surface area contributed by atoms with E-state index in [4.69, 9.17) is 9.47 Å². The Hall–Kier alpha value is -1.92. The van der Waals surface area contributed by atoms with E-state index in [0.29, 0.717) is 31.0 Å². The Balaban J connectivity index is 1.93. The lowest BCUT2D eigenvalue weighted by molar-refractivity contribution is -0.129. The number of morpholine rings is 1. The molecule has 2 aliphatic heterocycles. The lowest BCUT2D eigenvalue weighted by Crippen LogP contribution is -2.57. The number of carbonyl (C=O) groups excluding carboxylic acids is 1. The topological polar surface area (TPSA) is 50.8 Å². The number of anilines is 1. The monoisotopic (exact) mass is 334 g/mol. The summed E-state index contributed by atoms with van der Waals surface area (Å²) in [7, 11) is 1.61. The highest BCUT2D eigenvalue weighted by molar-refractivity contribution is 6.05. The number of halogens is 1. The minimum absolute atomic E-state index is 0.291. The molecule has 3 rings (SSSR count). The third-order valence-corrected chi connectivity index (χ3v) is 4.54. The van der Waals surface area contributed by atoms with Gasteiger partial charge in [0.2, 0.25) is 0 Å². The van der Waals surface area contributed by atoms with Crippen LogP contribution < -0.4 is 10.2 Å². The number of piperidine rings is 1. The van der Waals surface area contributed by atoms with Crippen molar-refractivity contribution in [3.63, 3.8) is 0 Å². The molecule has 0 atom stereocenters. The summed E-state index contributed by atoms with van der Waals surface area (Å²) in [6, 6.07) is 6.38. The van der Waals surface area contributed by atoms with Crippen LogP contribution in [-0.2, 0) is 14.3 Å². The Labute approximate surface area is 141 Å². The summed E-state index contributed by atoms with van der Waals surface area (Å²) < 4.78 is 25.4. The standard InChI is InChI=1S/C18H23FN2O3/c1-23-12-4-7-16-17(22)21(15-6-3-2-5-14(15)19)13-18(24-16)8-10-20-11-9-18/h2-3,5-7,20H,4,8-13H2,1H3/b16-7+. The SMILES string of the molecule is COCC/C=C1/OC2(CCNCC2)CN(c2ccccc2F)C1=O. The van der Waals surface area contributed by atoms with Crippen LogP contribution in [0.1, 0.15) is 19.3 Å². The van der Waals surface area contributed by atoms with Crippen molar-refractivity contribution in [3.8, 4) is 0 Å². The minimum atomic E-state index is -0.458. The smallest absolute Gasteiger partial charge is 0.293 e. The number of para-hydroxylation sites is 1. The fraction of sp³-hybridized carbons (Fsp3) is 0.500. The first-order valence-electron chi connectivity index (χ1n) is 8.30. The summed E-state index contributed by atoms with van der Waals surface area (Å²) in [5.74, 6) is -0.392. The molecule has 1 aromatic rings.